The number of nitrogens with one attached hydrogen (secondary N) is 1. The number of piperidine rings is 1. The average Bonchev–Trinajstić information content (AvgIpc) is 2.81. The zero-order valence-electron chi connectivity index (χ0n) is 13.2. The molecule has 0 saturated carbocycles. The van der Waals surface area contributed by atoms with Crippen LogP contribution in [0.5, 0.6) is 0 Å². The Morgan fingerprint density at radius 3 is 2.86 bits per heavy atom. The van der Waals surface area contributed by atoms with E-state index in [4.69, 9.17) is 0 Å². The maximum atomic E-state index is 13.0. The average molecular weight is 331 g/mol. The van der Waals surface area contributed by atoms with Crippen LogP contribution in [0.2, 0.25) is 0 Å². The minimum absolute atomic E-state index is 0.111. The fourth-order valence-corrected chi connectivity index (χ4v) is 6.31. The Balaban J connectivity index is 2.28. The van der Waals surface area contributed by atoms with Crippen LogP contribution in [0.25, 0.3) is 0 Å². The van der Waals surface area contributed by atoms with Gasteiger partial charge in [0.25, 0.3) is 0 Å². The molecule has 2 rings (SSSR count). The first kappa shape index (κ1) is 16.9. The molecule has 0 bridgehead atoms. The van der Waals surface area contributed by atoms with E-state index in [1.807, 2.05) is 19.2 Å². The number of aryl methyl sites for hydroxylation is 1. The minimum atomic E-state index is -3.36. The molecule has 1 aliphatic heterocycles. The van der Waals surface area contributed by atoms with Gasteiger partial charge in [0.15, 0.2) is 0 Å². The Kier molecular flexibility index (Phi) is 5.82. The number of nitrogens with zero attached hydrogens (tertiary/aromatic N) is 1. The molecule has 1 saturated heterocycles. The van der Waals surface area contributed by atoms with Crippen molar-refractivity contribution in [3.63, 3.8) is 0 Å². The van der Waals surface area contributed by atoms with Crippen molar-refractivity contribution < 1.29 is 8.42 Å². The highest BCUT2D eigenvalue weighted by Crippen LogP contribution is 2.32. The third-order valence-electron chi connectivity index (χ3n) is 4.01. The van der Waals surface area contributed by atoms with Crippen molar-refractivity contribution in [1.29, 1.82) is 0 Å². The maximum absolute atomic E-state index is 13.0. The molecule has 1 aromatic heterocycles. The van der Waals surface area contributed by atoms with Crippen molar-refractivity contribution in [1.82, 2.24) is 9.62 Å². The highest BCUT2D eigenvalue weighted by molar-refractivity contribution is 7.89. The standard InChI is InChI=1S/C15H26N2O2S2/c1-4-8-16-10-14-15(12(2)11-20-14)21(18,19)17-9-6-5-7-13(17)3/h11,13,16H,4-10H2,1-3H3. The van der Waals surface area contributed by atoms with Crippen LogP contribution in [0.1, 0.15) is 50.0 Å². The number of rotatable bonds is 6. The molecule has 0 aromatic carbocycles. The van der Waals surface area contributed by atoms with Gasteiger partial charge in [0.1, 0.15) is 4.90 Å². The summed E-state index contributed by atoms with van der Waals surface area (Å²) in [6, 6.07) is 0.111. The van der Waals surface area contributed by atoms with Gasteiger partial charge in [-0.3, -0.25) is 0 Å². The van der Waals surface area contributed by atoms with E-state index in [1.54, 1.807) is 15.6 Å². The Bertz CT molecular complexity index is 566. The smallest absolute Gasteiger partial charge is 0.244 e. The summed E-state index contributed by atoms with van der Waals surface area (Å²) in [4.78, 5) is 1.49. The summed E-state index contributed by atoms with van der Waals surface area (Å²) in [5, 5.41) is 5.28. The zero-order valence-corrected chi connectivity index (χ0v) is 14.8. The van der Waals surface area contributed by atoms with E-state index in [0.717, 1.165) is 42.7 Å². The van der Waals surface area contributed by atoms with E-state index in [0.29, 0.717) is 18.0 Å². The van der Waals surface area contributed by atoms with E-state index in [2.05, 4.69) is 12.2 Å². The van der Waals surface area contributed by atoms with Gasteiger partial charge in [0.05, 0.1) is 0 Å². The number of sulfonamides is 1. The fraction of sp³-hybridized carbons (Fsp3) is 0.733. The molecule has 1 fully saturated rings. The van der Waals surface area contributed by atoms with E-state index >= 15 is 0 Å². The van der Waals surface area contributed by atoms with Crippen LogP contribution in [0, 0.1) is 6.92 Å². The Morgan fingerprint density at radius 1 is 1.43 bits per heavy atom. The summed E-state index contributed by atoms with van der Waals surface area (Å²) in [6.07, 6.45) is 4.11. The second kappa shape index (κ2) is 7.22. The molecule has 0 amide bonds. The van der Waals surface area contributed by atoms with Gasteiger partial charge < -0.3 is 5.32 Å². The normalized spacial score (nSPS) is 20.8. The quantitative estimate of drug-likeness (QED) is 0.815. The van der Waals surface area contributed by atoms with Gasteiger partial charge in [0, 0.05) is 24.0 Å². The van der Waals surface area contributed by atoms with Crippen molar-refractivity contribution >= 4 is 21.4 Å². The van der Waals surface area contributed by atoms with Crippen molar-refractivity contribution in [2.24, 2.45) is 0 Å². The van der Waals surface area contributed by atoms with E-state index in [9.17, 15) is 8.42 Å². The van der Waals surface area contributed by atoms with Gasteiger partial charge in [-0.15, -0.1) is 11.3 Å². The molecule has 2 heterocycles. The summed E-state index contributed by atoms with van der Waals surface area (Å²) >= 11 is 1.55. The van der Waals surface area contributed by atoms with Gasteiger partial charge in [-0.2, -0.15) is 4.31 Å². The third-order valence-corrected chi connectivity index (χ3v) is 7.49. The number of hydrogen-bond acceptors (Lipinski definition) is 4. The van der Waals surface area contributed by atoms with Crippen LogP contribution in [0.15, 0.2) is 10.3 Å². The molecule has 120 valence electrons. The molecule has 0 spiro atoms. The Hall–Kier alpha value is -0.430. The summed E-state index contributed by atoms with van der Waals surface area (Å²) in [7, 11) is -3.36. The first-order valence-electron chi connectivity index (χ1n) is 7.78. The van der Waals surface area contributed by atoms with E-state index in [1.165, 1.54) is 0 Å². The molecule has 1 atom stereocenters. The van der Waals surface area contributed by atoms with Crippen LogP contribution >= 0.6 is 11.3 Å². The van der Waals surface area contributed by atoms with Crippen molar-refractivity contribution in [2.75, 3.05) is 13.1 Å². The largest absolute Gasteiger partial charge is 0.312 e. The predicted molar refractivity (Wildman–Crippen MR) is 88.3 cm³/mol. The summed E-state index contributed by atoms with van der Waals surface area (Å²) in [5.74, 6) is 0. The second-order valence-electron chi connectivity index (χ2n) is 5.81. The number of thiophene rings is 1. The summed E-state index contributed by atoms with van der Waals surface area (Å²) in [6.45, 7) is 8.24. The summed E-state index contributed by atoms with van der Waals surface area (Å²) < 4.78 is 27.8. The van der Waals surface area contributed by atoms with Crippen LogP contribution in [-0.2, 0) is 16.6 Å². The van der Waals surface area contributed by atoms with E-state index < -0.39 is 10.0 Å². The molecule has 1 aliphatic rings. The lowest BCUT2D eigenvalue weighted by Crippen LogP contribution is -2.42. The van der Waals surface area contributed by atoms with Crippen LogP contribution in [0.4, 0.5) is 0 Å². The SMILES string of the molecule is CCCNCc1scc(C)c1S(=O)(=O)N1CCCCC1C. The van der Waals surface area contributed by atoms with Gasteiger partial charge in [-0.1, -0.05) is 13.3 Å². The maximum Gasteiger partial charge on any atom is 0.244 e. The second-order valence-corrected chi connectivity index (χ2v) is 8.60. The van der Waals surface area contributed by atoms with Crippen LogP contribution in [-0.4, -0.2) is 31.9 Å². The topological polar surface area (TPSA) is 49.4 Å². The minimum Gasteiger partial charge on any atom is -0.312 e. The third kappa shape index (κ3) is 3.67. The highest BCUT2D eigenvalue weighted by Gasteiger charge is 2.34. The van der Waals surface area contributed by atoms with Gasteiger partial charge in [0.2, 0.25) is 10.0 Å². The van der Waals surface area contributed by atoms with Crippen LogP contribution < -0.4 is 5.32 Å². The van der Waals surface area contributed by atoms with Crippen molar-refractivity contribution in [3.8, 4) is 0 Å². The Morgan fingerprint density at radius 2 is 2.19 bits per heavy atom. The molecule has 1 N–H and O–H groups in total. The lowest BCUT2D eigenvalue weighted by Gasteiger charge is -2.32. The predicted octanol–water partition coefficient (Wildman–Crippen LogP) is 3.12. The summed E-state index contributed by atoms with van der Waals surface area (Å²) in [5.41, 5.74) is 0.881. The van der Waals surface area contributed by atoms with Crippen molar-refractivity contribution in [2.45, 2.75) is 63.9 Å². The first-order valence-corrected chi connectivity index (χ1v) is 10.1. The fourth-order valence-electron chi connectivity index (χ4n) is 2.88. The molecule has 1 aromatic rings. The molecule has 4 nitrogen and oxygen atoms in total. The van der Waals surface area contributed by atoms with E-state index in [-0.39, 0.29) is 6.04 Å². The lowest BCUT2D eigenvalue weighted by molar-refractivity contribution is 0.268. The van der Waals surface area contributed by atoms with Crippen molar-refractivity contribution in [3.05, 3.63) is 15.8 Å². The molecule has 6 heteroatoms. The molecule has 0 radical (unpaired) electrons. The Labute approximate surface area is 132 Å². The molecular formula is C15H26N2O2S2. The number of hydrogen-bond donors (Lipinski definition) is 1. The highest BCUT2D eigenvalue weighted by atomic mass is 32.2. The molecular weight excluding hydrogens is 304 g/mol. The zero-order chi connectivity index (χ0) is 15.5. The first-order chi connectivity index (χ1) is 9.98. The van der Waals surface area contributed by atoms with Gasteiger partial charge >= 0.3 is 0 Å². The van der Waals surface area contributed by atoms with Crippen LogP contribution in [0.3, 0.4) is 0 Å². The lowest BCUT2D eigenvalue weighted by atomic mass is 10.1. The molecule has 0 aliphatic carbocycles. The molecule has 21 heavy (non-hydrogen) atoms. The van der Waals surface area contributed by atoms with Gasteiger partial charge in [-0.25, -0.2) is 8.42 Å². The molecule has 1 unspecified atom stereocenters. The van der Waals surface area contributed by atoms with Gasteiger partial charge in [-0.05, 0) is 50.6 Å². The monoisotopic (exact) mass is 330 g/mol.